The molecule has 9 heteroatoms. The first-order valence-corrected chi connectivity index (χ1v) is 11.6. The van der Waals surface area contributed by atoms with Crippen LogP contribution in [0.15, 0.2) is 35.6 Å². The Bertz CT molecular complexity index is 1070. The van der Waals surface area contributed by atoms with E-state index >= 15 is 0 Å². The Labute approximate surface area is 187 Å². The summed E-state index contributed by atoms with van der Waals surface area (Å²) in [6.07, 6.45) is 2.39. The number of ketones is 1. The molecule has 4 atom stereocenters. The van der Waals surface area contributed by atoms with E-state index in [0.29, 0.717) is 35.0 Å². The third-order valence-electron chi connectivity index (χ3n) is 5.91. The highest BCUT2D eigenvalue weighted by Gasteiger charge is 2.53. The predicted octanol–water partition coefficient (Wildman–Crippen LogP) is 4.47. The topological polar surface area (TPSA) is 72.4 Å². The number of aromatic nitrogens is 2. The van der Waals surface area contributed by atoms with E-state index in [-0.39, 0.29) is 34.8 Å². The fraction of sp³-hybridized carbons (Fsp3) is 0.429. The summed E-state index contributed by atoms with van der Waals surface area (Å²) < 4.78 is 6.14. The van der Waals surface area contributed by atoms with E-state index in [1.165, 1.54) is 16.2 Å². The summed E-state index contributed by atoms with van der Waals surface area (Å²) in [5, 5.41) is 10.1. The molecular weight excluding hydrogens is 445 g/mol. The number of Topliss-reactive ketones (excluding diaryl/α,β-unsaturated/α-hetero) is 1. The molecular formula is C21H19Cl2N3O3S. The molecule has 1 fully saturated rings. The monoisotopic (exact) mass is 463 g/mol. The highest BCUT2D eigenvalue weighted by molar-refractivity contribution is 7.15. The van der Waals surface area contributed by atoms with Gasteiger partial charge in [-0.3, -0.25) is 14.5 Å². The van der Waals surface area contributed by atoms with Crippen molar-refractivity contribution in [1.29, 1.82) is 0 Å². The first kappa shape index (κ1) is 20.0. The zero-order valence-electron chi connectivity index (χ0n) is 16.2. The Morgan fingerprint density at radius 3 is 2.83 bits per heavy atom. The zero-order valence-corrected chi connectivity index (χ0v) is 18.5. The van der Waals surface area contributed by atoms with Crippen LogP contribution >= 0.6 is 34.5 Å². The molecule has 1 saturated carbocycles. The lowest BCUT2D eigenvalue weighted by Crippen LogP contribution is -2.41. The van der Waals surface area contributed by atoms with E-state index in [1.807, 2.05) is 19.1 Å². The fourth-order valence-electron chi connectivity index (χ4n) is 4.49. The third kappa shape index (κ3) is 3.15. The number of benzene rings is 1. The molecule has 3 heterocycles. The average Bonchev–Trinajstić information content (AvgIpc) is 3.31. The largest absolute Gasteiger partial charge is 0.483 e. The maximum Gasteiger partial charge on any atom is 0.296 e. The molecule has 1 aliphatic carbocycles. The molecule has 5 rings (SSSR count). The molecule has 4 unspecified atom stereocenters. The van der Waals surface area contributed by atoms with Gasteiger partial charge in [-0.15, -0.1) is 21.8 Å². The second kappa shape index (κ2) is 7.62. The van der Waals surface area contributed by atoms with Gasteiger partial charge in [-0.25, -0.2) is 0 Å². The van der Waals surface area contributed by atoms with Crippen LogP contribution in [-0.2, 0) is 20.7 Å². The van der Waals surface area contributed by atoms with E-state index in [4.69, 9.17) is 27.9 Å². The highest BCUT2D eigenvalue weighted by Crippen LogP contribution is 2.49. The number of alkyl halides is 1. The van der Waals surface area contributed by atoms with Gasteiger partial charge in [0.25, 0.3) is 5.91 Å². The SMILES string of the molecule is CCc1nnc(N2C(=O)C3=C(C(=O)C4CC(Cl)CCC4O3)C2c2cccc(Cl)c2)s1. The van der Waals surface area contributed by atoms with Crippen molar-refractivity contribution in [3.63, 3.8) is 0 Å². The molecule has 2 aliphatic heterocycles. The Morgan fingerprint density at radius 2 is 2.10 bits per heavy atom. The van der Waals surface area contributed by atoms with Crippen LogP contribution in [0.4, 0.5) is 5.13 Å². The number of hydrogen-bond donors (Lipinski definition) is 0. The van der Waals surface area contributed by atoms with Crippen molar-refractivity contribution in [2.45, 2.75) is 50.1 Å². The van der Waals surface area contributed by atoms with Crippen LogP contribution in [0, 0.1) is 5.92 Å². The predicted molar refractivity (Wildman–Crippen MR) is 115 cm³/mol. The van der Waals surface area contributed by atoms with Crippen molar-refractivity contribution < 1.29 is 14.3 Å². The molecule has 156 valence electrons. The molecule has 0 bridgehead atoms. The number of hydrogen-bond acceptors (Lipinski definition) is 6. The van der Waals surface area contributed by atoms with Crippen molar-refractivity contribution in [3.05, 3.63) is 51.2 Å². The van der Waals surface area contributed by atoms with Crippen LogP contribution in [0.5, 0.6) is 0 Å². The number of carbonyl (C=O) groups excluding carboxylic acids is 2. The normalized spacial score (nSPS) is 28.4. The molecule has 30 heavy (non-hydrogen) atoms. The van der Waals surface area contributed by atoms with E-state index in [9.17, 15) is 9.59 Å². The van der Waals surface area contributed by atoms with Crippen molar-refractivity contribution in [2.24, 2.45) is 5.92 Å². The quantitative estimate of drug-likeness (QED) is 0.627. The van der Waals surface area contributed by atoms with Crippen LogP contribution in [0.25, 0.3) is 0 Å². The van der Waals surface area contributed by atoms with Crippen molar-refractivity contribution in [2.75, 3.05) is 4.90 Å². The minimum atomic E-state index is -0.645. The fourth-order valence-corrected chi connectivity index (χ4v) is 5.81. The second-order valence-electron chi connectivity index (χ2n) is 7.74. The van der Waals surface area contributed by atoms with Crippen LogP contribution < -0.4 is 4.90 Å². The van der Waals surface area contributed by atoms with Crippen LogP contribution in [-0.4, -0.2) is 33.4 Å². The highest BCUT2D eigenvalue weighted by atomic mass is 35.5. The number of ether oxygens (including phenoxy) is 1. The van der Waals surface area contributed by atoms with Crippen LogP contribution in [0.1, 0.15) is 42.8 Å². The molecule has 2 aromatic rings. The van der Waals surface area contributed by atoms with Crippen molar-refractivity contribution >= 4 is 51.4 Å². The first-order chi connectivity index (χ1) is 14.5. The standard InChI is InChI=1S/C21H19Cl2N3O3S/c1-2-15-24-25-21(30-15)26-17(10-4-3-5-11(22)8-10)16-18(27)13-9-12(23)6-7-14(13)29-19(16)20(26)28/h3-5,8,12-14,17H,2,6-7,9H2,1H3. The maximum atomic E-state index is 13.6. The van der Waals surface area contributed by atoms with Gasteiger partial charge in [0.1, 0.15) is 11.1 Å². The van der Waals surface area contributed by atoms with E-state index in [1.54, 1.807) is 12.1 Å². The second-order valence-corrected chi connectivity index (χ2v) is 9.84. The van der Waals surface area contributed by atoms with Gasteiger partial charge in [0.05, 0.1) is 17.5 Å². The van der Waals surface area contributed by atoms with Crippen molar-refractivity contribution in [1.82, 2.24) is 10.2 Å². The molecule has 1 amide bonds. The molecule has 3 aliphatic rings. The maximum absolute atomic E-state index is 13.6. The summed E-state index contributed by atoms with van der Waals surface area (Å²) in [5.74, 6) is -0.621. The molecule has 0 saturated heterocycles. The summed E-state index contributed by atoms with van der Waals surface area (Å²) >= 11 is 13.9. The lowest BCUT2D eigenvalue weighted by molar-refractivity contribution is -0.131. The number of amides is 1. The number of nitrogens with zero attached hydrogens (tertiary/aromatic N) is 3. The first-order valence-electron chi connectivity index (χ1n) is 9.98. The third-order valence-corrected chi connectivity index (χ3v) is 7.61. The molecule has 0 N–H and O–H groups in total. The average molecular weight is 464 g/mol. The summed E-state index contributed by atoms with van der Waals surface area (Å²) in [4.78, 5) is 28.6. The Kier molecular flexibility index (Phi) is 5.08. The van der Waals surface area contributed by atoms with Gasteiger partial charge in [0.15, 0.2) is 11.5 Å². The summed E-state index contributed by atoms with van der Waals surface area (Å²) in [6.45, 7) is 1.98. The van der Waals surface area contributed by atoms with Gasteiger partial charge < -0.3 is 4.74 Å². The van der Waals surface area contributed by atoms with Gasteiger partial charge in [-0.2, -0.15) is 0 Å². The molecule has 1 aromatic heterocycles. The number of carbonyl (C=O) groups is 2. The van der Waals surface area contributed by atoms with E-state index in [0.717, 1.165) is 17.0 Å². The summed E-state index contributed by atoms with van der Waals surface area (Å²) in [6, 6.07) is 6.56. The number of rotatable bonds is 3. The molecule has 0 radical (unpaired) electrons. The van der Waals surface area contributed by atoms with Gasteiger partial charge in [-0.1, -0.05) is 42.0 Å². The van der Waals surface area contributed by atoms with E-state index in [2.05, 4.69) is 10.2 Å². The molecule has 0 spiro atoms. The van der Waals surface area contributed by atoms with Crippen molar-refractivity contribution in [3.8, 4) is 0 Å². The summed E-state index contributed by atoms with van der Waals surface area (Å²) in [7, 11) is 0. The minimum absolute atomic E-state index is 0.0611. The minimum Gasteiger partial charge on any atom is -0.483 e. The van der Waals surface area contributed by atoms with Gasteiger partial charge in [-0.05, 0) is 43.4 Å². The van der Waals surface area contributed by atoms with Crippen LogP contribution in [0.2, 0.25) is 5.02 Å². The zero-order chi connectivity index (χ0) is 21.0. The van der Waals surface area contributed by atoms with Gasteiger partial charge in [0.2, 0.25) is 5.13 Å². The van der Waals surface area contributed by atoms with E-state index < -0.39 is 6.04 Å². The lowest BCUT2D eigenvalue weighted by atomic mass is 9.77. The molecule has 6 nitrogen and oxygen atoms in total. The molecule has 1 aromatic carbocycles. The number of halogens is 2. The van der Waals surface area contributed by atoms with Gasteiger partial charge >= 0.3 is 0 Å². The number of anilines is 1. The lowest BCUT2D eigenvalue weighted by Gasteiger charge is -2.37. The Morgan fingerprint density at radius 1 is 1.27 bits per heavy atom. The number of aryl methyl sites for hydroxylation is 1. The Balaban J connectivity index is 1.64. The Hall–Kier alpha value is -1.96. The number of fused-ring (bicyclic) bond motifs is 1. The van der Waals surface area contributed by atoms with Crippen LogP contribution in [0.3, 0.4) is 0 Å². The smallest absolute Gasteiger partial charge is 0.296 e. The van der Waals surface area contributed by atoms with Gasteiger partial charge in [0, 0.05) is 10.4 Å². The summed E-state index contributed by atoms with van der Waals surface area (Å²) in [5.41, 5.74) is 1.12.